The highest BCUT2D eigenvalue weighted by Gasteiger charge is 2.34. The highest BCUT2D eigenvalue weighted by atomic mass is 16.5. The molecule has 1 amide bonds. The van der Waals surface area contributed by atoms with Gasteiger partial charge in [0.05, 0.1) is 11.7 Å². The van der Waals surface area contributed by atoms with Gasteiger partial charge in [0.15, 0.2) is 0 Å². The van der Waals surface area contributed by atoms with Gasteiger partial charge >= 0.3 is 0 Å². The van der Waals surface area contributed by atoms with E-state index in [4.69, 9.17) is 4.52 Å². The van der Waals surface area contributed by atoms with E-state index in [1.165, 1.54) is 0 Å². The molecule has 1 aliphatic rings. The number of amides is 1. The second-order valence-corrected chi connectivity index (χ2v) is 5.45. The molecule has 1 aliphatic heterocycles. The summed E-state index contributed by atoms with van der Waals surface area (Å²) in [6.45, 7) is 7.36. The number of hydrogen-bond acceptors (Lipinski definition) is 4. The van der Waals surface area contributed by atoms with Gasteiger partial charge in [0, 0.05) is 24.8 Å². The Bertz CT molecular complexity index is 639. The SMILES string of the molecule is CCn1ccc(C(=O)N2CCC[C@H]2c2c(C)noc2C)n1. The monoisotopic (exact) mass is 288 g/mol. The molecule has 3 heterocycles. The number of likely N-dealkylation sites (tertiary alicyclic amines) is 1. The van der Waals surface area contributed by atoms with Gasteiger partial charge in [-0.15, -0.1) is 0 Å². The van der Waals surface area contributed by atoms with E-state index in [-0.39, 0.29) is 11.9 Å². The van der Waals surface area contributed by atoms with E-state index >= 15 is 0 Å². The van der Waals surface area contributed by atoms with Crippen LogP contribution in [0, 0.1) is 13.8 Å². The van der Waals surface area contributed by atoms with Gasteiger partial charge in [-0.25, -0.2) is 0 Å². The maximum atomic E-state index is 12.7. The van der Waals surface area contributed by atoms with E-state index in [1.54, 1.807) is 10.7 Å². The number of aryl methyl sites for hydroxylation is 3. The summed E-state index contributed by atoms with van der Waals surface area (Å²) < 4.78 is 7.03. The Morgan fingerprint density at radius 3 is 2.90 bits per heavy atom. The number of carbonyl (C=O) groups excluding carboxylic acids is 1. The third-order valence-corrected chi connectivity index (χ3v) is 4.12. The number of hydrogen-bond donors (Lipinski definition) is 0. The minimum Gasteiger partial charge on any atom is -0.361 e. The van der Waals surface area contributed by atoms with E-state index in [1.807, 2.05) is 31.9 Å². The fourth-order valence-electron chi connectivity index (χ4n) is 3.07. The van der Waals surface area contributed by atoms with Crippen LogP contribution in [0.2, 0.25) is 0 Å². The van der Waals surface area contributed by atoms with Crippen molar-refractivity contribution in [2.45, 2.75) is 46.2 Å². The van der Waals surface area contributed by atoms with Crippen LogP contribution < -0.4 is 0 Å². The van der Waals surface area contributed by atoms with Crippen LogP contribution in [0.15, 0.2) is 16.8 Å². The molecule has 6 heteroatoms. The maximum Gasteiger partial charge on any atom is 0.274 e. The van der Waals surface area contributed by atoms with Crippen molar-refractivity contribution in [2.75, 3.05) is 6.54 Å². The highest BCUT2D eigenvalue weighted by Crippen LogP contribution is 2.36. The molecule has 0 unspecified atom stereocenters. The first-order valence-corrected chi connectivity index (χ1v) is 7.39. The lowest BCUT2D eigenvalue weighted by atomic mass is 10.0. The first kappa shape index (κ1) is 13.9. The standard InChI is InChI=1S/C15H20N4O2/c1-4-18-9-7-12(16-18)15(20)19-8-5-6-13(19)14-10(2)17-21-11(14)3/h7,9,13H,4-6,8H2,1-3H3/t13-/m0/s1. The molecule has 21 heavy (non-hydrogen) atoms. The van der Waals surface area contributed by atoms with Crippen molar-refractivity contribution in [3.8, 4) is 0 Å². The fourth-order valence-corrected chi connectivity index (χ4v) is 3.07. The van der Waals surface area contributed by atoms with Crippen molar-refractivity contribution in [1.29, 1.82) is 0 Å². The van der Waals surface area contributed by atoms with Crippen molar-refractivity contribution in [3.05, 3.63) is 35.0 Å². The first-order chi connectivity index (χ1) is 10.1. The zero-order valence-electron chi connectivity index (χ0n) is 12.7. The number of carbonyl (C=O) groups is 1. The molecule has 2 aromatic heterocycles. The van der Waals surface area contributed by atoms with E-state index in [9.17, 15) is 4.79 Å². The lowest BCUT2D eigenvalue weighted by Gasteiger charge is -2.23. The van der Waals surface area contributed by atoms with Crippen molar-refractivity contribution in [3.63, 3.8) is 0 Å². The summed E-state index contributed by atoms with van der Waals surface area (Å²) in [4.78, 5) is 14.6. The van der Waals surface area contributed by atoms with Gasteiger partial charge in [-0.1, -0.05) is 5.16 Å². The summed E-state index contributed by atoms with van der Waals surface area (Å²) in [5.74, 6) is 0.793. The minimum absolute atomic E-state index is 0.00954. The van der Waals surface area contributed by atoms with Crippen molar-refractivity contribution in [1.82, 2.24) is 19.8 Å². The Morgan fingerprint density at radius 2 is 2.29 bits per heavy atom. The average molecular weight is 288 g/mol. The molecular formula is C15H20N4O2. The zero-order valence-corrected chi connectivity index (χ0v) is 12.7. The first-order valence-electron chi connectivity index (χ1n) is 7.39. The normalized spacial score (nSPS) is 18.4. The van der Waals surface area contributed by atoms with Crippen LogP contribution in [0.5, 0.6) is 0 Å². The molecule has 1 atom stereocenters. The topological polar surface area (TPSA) is 64.2 Å². The van der Waals surface area contributed by atoms with Crippen LogP contribution >= 0.6 is 0 Å². The van der Waals surface area contributed by atoms with Crippen LogP contribution in [-0.2, 0) is 6.54 Å². The van der Waals surface area contributed by atoms with Gasteiger partial charge in [0.1, 0.15) is 11.5 Å². The van der Waals surface area contributed by atoms with Crippen molar-refractivity contribution in [2.24, 2.45) is 0 Å². The molecule has 112 valence electrons. The van der Waals surface area contributed by atoms with Crippen LogP contribution in [0.1, 0.15) is 53.3 Å². The Hall–Kier alpha value is -2.11. The number of rotatable bonds is 3. The third kappa shape index (κ3) is 2.34. The van der Waals surface area contributed by atoms with Gasteiger partial charge in [-0.3, -0.25) is 9.48 Å². The van der Waals surface area contributed by atoms with Crippen LogP contribution in [0.25, 0.3) is 0 Å². The lowest BCUT2D eigenvalue weighted by molar-refractivity contribution is 0.0727. The highest BCUT2D eigenvalue weighted by molar-refractivity contribution is 5.92. The van der Waals surface area contributed by atoms with Crippen molar-refractivity contribution < 1.29 is 9.32 Å². The molecule has 0 radical (unpaired) electrons. The van der Waals surface area contributed by atoms with Crippen LogP contribution in [0.4, 0.5) is 0 Å². The average Bonchev–Trinajstić information content (AvgIpc) is 3.18. The summed E-state index contributed by atoms with van der Waals surface area (Å²) in [7, 11) is 0. The van der Waals surface area contributed by atoms with Gasteiger partial charge in [-0.2, -0.15) is 5.10 Å². The number of aromatic nitrogens is 3. The summed E-state index contributed by atoms with van der Waals surface area (Å²) in [6, 6.07) is 1.84. The molecule has 0 aliphatic carbocycles. The molecule has 0 spiro atoms. The quantitative estimate of drug-likeness (QED) is 0.870. The smallest absolute Gasteiger partial charge is 0.274 e. The summed E-state index contributed by atoms with van der Waals surface area (Å²) in [6.07, 6.45) is 3.78. The summed E-state index contributed by atoms with van der Waals surface area (Å²) in [5.41, 5.74) is 2.43. The molecule has 1 saturated heterocycles. The summed E-state index contributed by atoms with van der Waals surface area (Å²) >= 11 is 0. The molecule has 0 aromatic carbocycles. The van der Waals surface area contributed by atoms with E-state index in [0.29, 0.717) is 5.69 Å². The molecular weight excluding hydrogens is 268 g/mol. The largest absolute Gasteiger partial charge is 0.361 e. The van der Waals surface area contributed by atoms with Crippen LogP contribution in [0.3, 0.4) is 0 Å². The van der Waals surface area contributed by atoms with Gasteiger partial charge in [-0.05, 0) is 39.7 Å². The molecule has 0 saturated carbocycles. The molecule has 2 aromatic rings. The fraction of sp³-hybridized carbons (Fsp3) is 0.533. The number of nitrogens with zero attached hydrogens (tertiary/aromatic N) is 4. The predicted octanol–water partition coefficient (Wildman–Crippen LogP) is 2.49. The zero-order chi connectivity index (χ0) is 15.0. The second kappa shape index (κ2) is 5.35. The maximum absolute atomic E-state index is 12.7. The van der Waals surface area contributed by atoms with E-state index in [0.717, 1.165) is 42.9 Å². The van der Waals surface area contributed by atoms with E-state index < -0.39 is 0 Å². The predicted molar refractivity (Wildman–Crippen MR) is 76.9 cm³/mol. The molecule has 6 nitrogen and oxygen atoms in total. The van der Waals surface area contributed by atoms with Gasteiger partial charge in [0.2, 0.25) is 0 Å². The minimum atomic E-state index is -0.00954. The van der Waals surface area contributed by atoms with Gasteiger partial charge < -0.3 is 9.42 Å². The third-order valence-electron chi connectivity index (χ3n) is 4.12. The Balaban J connectivity index is 1.89. The molecule has 0 N–H and O–H groups in total. The Labute approximate surface area is 123 Å². The molecule has 3 rings (SSSR count). The lowest BCUT2D eigenvalue weighted by Crippen LogP contribution is -2.31. The Morgan fingerprint density at radius 1 is 1.48 bits per heavy atom. The van der Waals surface area contributed by atoms with Crippen LogP contribution in [-0.4, -0.2) is 32.3 Å². The molecule has 1 fully saturated rings. The second-order valence-electron chi connectivity index (χ2n) is 5.45. The van der Waals surface area contributed by atoms with E-state index in [2.05, 4.69) is 10.3 Å². The van der Waals surface area contributed by atoms with Crippen molar-refractivity contribution >= 4 is 5.91 Å². The Kier molecular flexibility index (Phi) is 3.53. The summed E-state index contributed by atoms with van der Waals surface area (Å²) in [5, 5.41) is 8.33. The molecule has 0 bridgehead atoms. The van der Waals surface area contributed by atoms with Gasteiger partial charge in [0.25, 0.3) is 5.91 Å².